The maximum absolute atomic E-state index is 14.0. The Bertz CT molecular complexity index is 1450. The van der Waals surface area contributed by atoms with Crippen molar-refractivity contribution < 1.29 is 31.2 Å². The molecule has 226 valence electrons. The van der Waals surface area contributed by atoms with Crippen LogP contribution >= 0.6 is 0 Å². The Labute approximate surface area is 245 Å². The second kappa shape index (κ2) is 14.4. The lowest BCUT2D eigenvalue weighted by atomic mass is 10.0. The number of nitrogens with zero attached hydrogens (tertiary/aromatic N) is 2. The van der Waals surface area contributed by atoms with Crippen molar-refractivity contribution in [3.05, 3.63) is 101 Å². The van der Waals surface area contributed by atoms with Crippen molar-refractivity contribution in [1.29, 1.82) is 0 Å². The van der Waals surface area contributed by atoms with E-state index in [0.717, 1.165) is 42.4 Å². The van der Waals surface area contributed by atoms with Crippen molar-refractivity contribution >= 4 is 27.5 Å². The van der Waals surface area contributed by atoms with Gasteiger partial charge >= 0.3 is 6.18 Å². The first-order valence-corrected chi connectivity index (χ1v) is 15.5. The van der Waals surface area contributed by atoms with Gasteiger partial charge in [-0.1, -0.05) is 79.6 Å². The molecule has 0 aliphatic heterocycles. The summed E-state index contributed by atoms with van der Waals surface area (Å²) in [6.45, 7) is 3.48. The minimum absolute atomic E-state index is 0.0159. The van der Waals surface area contributed by atoms with Gasteiger partial charge in [-0.25, -0.2) is 8.42 Å². The predicted molar refractivity (Wildman–Crippen MR) is 157 cm³/mol. The average molecular weight is 604 g/mol. The van der Waals surface area contributed by atoms with Crippen molar-refractivity contribution in [1.82, 2.24) is 10.2 Å². The van der Waals surface area contributed by atoms with Gasteiger partial charge in [0.25, 0.3) is 0 Å². The number of anilines is 1. The Balaban J connectivity index is 2.05. The highest BCUT2D eigenvalue weighted by Crippen LogP contribution is 2.32. The number of carbonyl (C=O) groups excluding carboxylic acids is 2. The average Bonchev–Trinajstić information content (AvgIpc) is 2.94. The summed E-state index contributed by atoms with van der Waals surface area (Å²) in [5.41, 5.74) is 1.13. The van der Waals surface area contributed by atoms with Gasteiger partial charge in [-0.2, -0.15) is 13.2 Å². The molecule has 0 radical (unpaired) electrons. The molecule has 11 heteroatoms. The summed E-state index contributed by atoms with van der Waals surface area (Å²) in [5, 5.41) is 2.88. The molecule has 0 spiro atoms. The van der Waals surface area contributed by atoms with Crippen LogP contribution in [0.4, 0.5) is 18.9 Å². The molecule has 0 saturated heterocycles. The number of hydrogen-bond acceptors (Lipinski definition) is 4. The second-order valence-electron chi connectivity index (χ2n) is 10.2. The third kappa shape index (κ3) is 9.34. The molecule has 0 unspecified atom stereocenters. The van der Waals surface area contributed by atoms with Crippen LogP contribution in [0.2, 0.25) is 0 Å². The molecule has 0 fully saturated rings. The fraction of sp³-hybridized carbons (Fsp3) is 0.355. The molecule has 7 nitrogen and oxygen atoms in total. The van der Waals surface area contributed by atoms with Gasteiger partial charge in [-0.05, 0) is 42.7 Å². The molecule has 0 aliphatic carbocycles. The fourth-order valence-corrected chi connectivity index (χ4v) is 5.24. The van der Waals surface area contributed by atoms with Crippen molar-refractivity contribution in [2.45, 2.75) is 51.9 Å². The number of unbranched alkanes of at least 4 members (excludes halogenated alkanes) is 1. The van der Waals surface area contributed by atoms with Crippen LogP contribution in [-0.2, 0) is 38.8 Å². The molecular formula is C31H36F3N3O4S. The number of carbonyl (C=O) groups is 2. The first-order valence-electron chi connectivity index (χ1n) is 13.6. The van der Waals surface area contributed by atoms with E-state index in [4.69, 9.17) is 0 Å². The number of sulfonamides is 1. The lowest BCUT2D eigenvalue weighted by molar-refractivity contribution is -0.140. The highest BCUT2D eigenvalue weighted by Gasteiger charge is 2.35. The molecule has 0 aromatic heterocycles. The third-order valence-electron chi connectivity index (χ3n) is 6.71. The minimum atomic E-state index is -4.71. The van der Waals surface area contributed by atoms with E-state index >= 15 is 0 Å². The SMILES string of the molecule is CCCCNC(=O)[C@H](Cc1ccccc1)N(Cc1ccc(C)cc1)C(=O)CN(c1cccc(C(F)(F)F)c1)S(C)(=O)=O. The van der Waals surface area contributed by atoms with Gasteiger partial charge in [-0.15, -0.1) is 0 Å². The van der Waals surface area contributed by atoms with Crippen LogP contribution in [0.25, 0.3) is 0 Å². The maximum atomic E-state index is 14.0. The summed E-state index contributed by atoms with van der Waals surface area (Å²) in [4.78, 5) is 28.9. The Morgan fingerprint density at radius 2 is 1.60 bits per heavy atom. The molecule has 3 rings (SSSR count). The zero-order chi connectivity index (χ0) is 30.9. The lowest BCUT2D eigenvalue weighted by Crippen LogP contribution is -2.53. The highest BCUT2D eigenvalue weighted by molar-refractivity contribution is 7.92. The highest BCUT2D eigenvalue weighted by atomic mass is 32.2. The van der Waals surface area contributed by atoms with Gasteiger partial charge in [0.1, 0.15) is 12.6 Å². The Hall–Kier alpha value is -3.86. The molecule has 3 aromatic rings. The van der Waals surface area contributed by atoms with Crippen LogP contribution < -0.4 is 9.62 Å². The molecule has 0 saturated carbocycles. The van der Waals surface area contributed by atoms with E-state index in [0.29, 0.717) is 22.5 Å². The minimum Gasteiger partial charge on any atom is -0.354 e. The number of aryl methyl sites for hydroxylation is 1. The van der Waals surface area contributed by atoms with Crippen LogP contribution in [0.5, 0.6) is 0 Å². The molecule has 0 bridgehead atoms. The van der Waals surface area contributed by atoms with Crippen molar-refractivity contribution in [3.63, 3.8) is 0 Å². The van der Waals surface area contributed by atoms with E-state index in [-0.39, 0.29) is 18.7 Å². The van der Waals surface area contributed by atoms with E-state index in [1.807, 2.05) is 68.4 Å². The van der Waals surface area contributed by atoms with E-state index in [1.165, 1.54) is 11.0 Å². The van der Waals surface area contributed by atoms with E-state index in [1.54, 1.807) is 0 Å². The zero-order valence-electron chi connectivity index (χ0n) is 23.9. The van der Waals surface area contributed by atoms with Gasteiger partial charge < -0.3 is 10.2 Å². The van der Waals surface area contributed by atoms with E-state index in [9.17, 15) is 31.2 Å². The molecule has 0 heterocycles. The quantitative estimate of drug-likeness (QED) is 0.268. The van der Waals surface area contributed by atoms with Gasteiger partial charge in [0, 0.05) is 19.5 Å². The summed E-state index contributed by atoms with van der Waals surface area (Å²) >= 11 is 0. The number of nitrogens with one attached hydrogen (secondary N) is 1. The zero-order valence-corrected chi connectivity index (χ0v) is 24.7. The standard InChI is InChI=1S/C31H36F3N3O4S/c1-4-5-18-35-30(39)28(19-24-10-7-6-8-11-24)36(21-25-16-14-23(2)15-17-25)29(38)22-37(42(3,40)41)27-13-9-12-26(20-27)31(32,33)34/h6-17,20,28H,4-5,18-19,21-22H2,1-3H3,(H,35,39)/t28-/m0/s1. The monoisotopic (exact) mass is 603 g/mol. The number of hydrogen-bond donors (Lipinski definition) is 1. The molecule has 1 N–H and O–H groups in total. The summed E-state index contributed by atoms with van der Waals surface area (Å²) in [6, 6.07) is 19.2. The Kier molecular flexibility index (Phi) is 11.2. The van der Waals surface area contributed by atoms with Crippen LogP contribution in [0, 0.1) is 6.92 Å². The normalized spacial score (nSPS) is 12.4. The summed E-state index contributed by atoms with van der Waals surface area (Å²) in [6.07, 6.45) is -2.16. The number of amides is 2. The number of alkyl halides is 3. The molecule has 2 amide bonds. The second-order valence-corrected chi connectivity index (χ2v) is 12.1. The van der Waals surface area contributed by atoms with Crippen LogP contribution in [0.15, 0.2) is 78.9 Å². The molecule has 1 atom stereocenters. The lowest BCUT2D eigenvalue weighted by Gasteiger charge is -2.33. The molecule has 0 aliphatic rings. The topological polar surface area (TPSA) is 86.8 Å². The fourth-order valence-electron chi connectivity index (χ4n) is 4.40. The van der Waals surface area contributed by atoms with Crippen molar-refractivity contribution in [3.8, 4) is 0 Å². The van der Waals surface area contributed by atoms with Crippen molar-refractivity contribution in [2.75, 3.05) is 23.7 Å². The summed E-state index contributed by atoms with van der Waals surface area (Å²) in [7, 11) is -4.19. The smallest absolute Gasteiger partial charge is 0.354 e. The third-order valence-corrected chi connectivity index (χ3v) is 7.86. The van der Waals surface area contributed by atoms with Gasteiger partial charge in [0.05, 0.1) is 17.5 Å². The van der Waals surface area contributed by atoms with Crippen LogP contribution in [0.3, 0.4) is 0 Å². The molecular weight excluding hydrogens is 567 g/mol. The molecule has 42 heavy (non-hydrogen) atoms. The van der Waals surface area contributed by atoms with E-state index in [2.05, 4.69) is 5.32 Å². The largest absolute Gasteiger partial charge is 0.416 e. The Morgan fingerprint density at radius 3 is 2.19 bits per heavy atom. The van der Waals surface area contributed by atoms with E-state index < -0.39 is 46.2 Å². The maximum Gasteiger partial charge on any atom is 0.416 e. The number of halogens is 3. The van der Waals surface area contributed by atoms with Crippen LogP contribution in [0.1, 0.15) is 42.0 Å². The summed E-state index contributed by atoms with van der Waals surface area (Å²) in [5.74, 6) is -1.14. The number of rotatable bonds is 13. The first-order chi connectivity index (χ1) is 19.8. The van der Waals surface area contributed by atoms with Gasteiger partial charge in [0.15, 0.2) is 0 Å². The van der Waals surface area contributed by atoms with Crippen LogP contribution in [-0.4, -0.2) is 50.5 Å². The predicted octanol–water partition coefficient (Wildman–Crippen LogP) is 5.34. The van der Waals surface area contributed by atoms with Gasteiger partial charge in [-0.3, -0.25) is 13.9 Å². The van der Waals surface area contributed by atoms with Crippen molar-refractivity contribution in [2.24, 2.45) is 0 Å². The number of benzene rings is 3. The summed E-state index contributed by atoms with van der Waals surface area (Å²) < 4.78 is 66.6. The molecule has 3 aromatic carbocycles. The first kappa shape index (κ1) is 32.7. The Morgan fingerprint density at radius 1 is 0.929 bits per heavy atom. The van der Waals surface area contributed by atoms with Gasteiger partial charge in [0.2, 0.25) is 21.8 Å².